The zero-order valence-corrected chi connectivity index (χ0v) is 30.9. The molecule has 0 radical (unpaired) electrons. The summed E-state index contributed by atoms with van der Waals surface area (Å²) in [5.41, 5.74) is 6.53. The molecule has 0 aliphatic carbocycles. The second-order valence-corrected chi connectivity index (χ2v) is 11.4. The average Bonchev–Trinajstić information content (AvgIpc) is 3.67. The van der Waals surface area contributed by atoms with Crippen LogP contribution in [0.5, 0.6) is 0 Å². The van der Waals surface area contributed by atoms with Crippen LogP contribution in [0.15, 0.2) is 60.8 Å². The summed E-state index contributed by atoms with van der Waals surface area (Å²) >= 11 is 1.87. The molecule has 2 aromatic carbocycles. The van der Waals surface area contributed by atoms with Crippen LogP contribution < -0.4 is 19.0 Å². The van der Waals surface area contributed by atoms with Gasteiger partial charge in [-0.1, -0.05) is 64.1 Å². The van der Waals surface area contributed by atoms with Gasteiger partial charge in [-0.25, -0.2) is 4.98 Å². The van der Waals surface area contributed by atoms with Crippen molar-refractivity contribution in [1.82, 2.24) is 4.98 Å². The van der Waals surface area contributed by atoms with Crippen LogP contribution in [0.2, 0.25) is 0 Å². The maximum absolute atomic E-state index is 11.7. The zero-order chi connectivity index (χ0) is 35.0. The Labute approximate surface area is 288 Å². The number of nitrogens with zero attached hydrogens (tertiary/aromatic N) is 5. The van der Waals surface area contributed by atoms with Crippen LogP contribution >= 0.6 is 11.9 Å². The number of aryl methyl sites for hydroxylation is 2. The second kappa shape index (κ2) is 24.6. The topological polar surface area (TPSA) is 78.5 Å². The summed E-state index contributed by atoms with van der Waals surface area (Å²) in [5, 5.41) is 0. The molecule has 2 saturated heterocycles. The van der Waals surface area contributed by atoms with Gasteiger partial charge in [0.15, 0.2) is 0 Å². The molecule has 2 aliphatic heterocycles. The minimum absolute atomic E-state index is 0.517. The van der Waals surface area contributed by atoms with E-state index in [9.17, 15) is 9.59 Å². The molecule has 0 bridgehead atoms. The van der Waals surface area contributed by atoms with Crippen molar-refractivity contribution in [2.45, 2.75) is 48.0 Å². The number of hydrogen-bond acceptors (Lipinski definition) is 9. The fourth-order valence-corrected chi connectivity index (χ4v) is 5.98. The molecule has 260 valence electrons. The number of aldehydes is 1. The van der Waals surface area contributed by atoms with E-state index in [0.717, 1.165) is 68.2 Å². The Morgan fingerprint density at radius 2 is 1.49 bits per heavy atom. The summed E-state index contributed by atoms with van der Waals surface area (Å²) in [6.45, 7) is 18.1. The van der Waals surface area contributed by atoms with E-state index in [0.29, 0.717) is 13.2 Å². The molecule has 0 saturated carbocycles. The fraction of sp³-hybridized carbons (Fsp3) is 0.486. The molecule has 3 heterocycles. The molecule has 5 rings (SSSR count). The number of anilines is 4. The second-order valence-electron chi connectivity index (χ2n) is 10.3. The van der Waals surface area contributed by atoms with E-state index in [4.69, 9.17) is 9.72 Å². The van der Waals surface area contributed by atoms with Gasteiger partial charge in [0.2, 0.25) is 6.41 Å². The molecular formula is C37H57N5O4S. The minimum atomic E-state index is 0.517. The van der Waals surface area contributed by atoms with Crippen molar-refractivity contribution in [1.29, 1.82) is 0 Å². The fourth-order valence-electron chi connectivity index (χ4n) is 4.96. The molecule has 47 heavy (non-hydrogen) atoms. The van der Waals surface area contributed by atoms with Gasteiger partial charge in [-0.15, -0.1) is 0 Å². The SMILES string of the molecule is CC.CC.COC.COCCN(C=O)c1ccc(N2CCN(c3ncc(C)cc3C)CC2)c(N2CCCS2)c1.O=Cc1ccccc1. The molecule has 0 spiro atoms. The number of hydrogen-bond donors (Lipinski definition) is 0. The molecule has 10 heteroatoms. The predicted octanol–water partition coefficient (Wildman–Crippen LogP) is 7.31. The van der Waals surface area contributed by atoms with Crippen LogP contribution in [0.3, 0.4) is 0 Å². The largest absolute Gasteiger partial charge is 0.388 e. The van der Waals surface area contributed by atoms with Gasteiger partial charge in [-0.2, -0.15) is 0 Å². The van der Waals surface area contributed by atoms with Gasteiger partial charge >= 0.3 is 0 Å². The van der Waals surface area contributed by atoms with Gasteiger partial charge in [0.05, 0.1) is 18.0 Å². The third-order valence-corrected chi connectivity index (χ3v) is 8.18. The number of pyridine rings is 1. The first-order valence-corrected chi connectivity index (χ1v) is 17.5. The van der Waals surface area contributed by atoms with Crippen LogP contribution in [0.4, 0.5) is 22.9 Å². The first kappa shape index (κ1) is 41.4. The standard InChI is InChI=1S/C24H33N5O2S.C7H6O.C2H6O.2C2H6/c1-19-15-20(2)24(25-17-19)27-10-8-26(9-11-27)22-6-5-21(28(18-30)12-13-31-3)16-23(22)29-7-4-14-32-29;8-6-7-4-2-1-3-5-7;1-3-2;2*1-2/h5-6,15-18H,4,7-14H2,1-3H3;1-6H;1-2H3;2*1-2H3. The summed E-state index contributed by atoms with van der Waals surface area (Å²) in [5.74, 6) is 2.23. The summed E-state index contributed by atoms with van der Waals surface area (Å²) in [6, 6.07) is 17.7. The average molecular weight is 668 g/mol. The van der Waals surface area contributed by atoms with E-state index < -0.39 is 0 Å². The van der Waals surface area contributed by atoms with Crippen molar-refractivity contribution in [3.63, 3.8) is 0 Å². The maximum Gasteiger partial charge on any atom is 0.214 e. The normalized spacial score (nSPS) is 13.3. The Morgan fingerprint density at radius 3 is 2.00 bits per heavy atom. The molecule has 3 aromatic rings. The first-order valence-electron chi connectivity index (χ1n) is 16.5. The number of amides is 1. The lowest BCUT2D eigenvalue weighted by molar-refractivity contribution is -0.107. The number of methoxy groups -OCH3 is 2. The molecule has 0 atom stereocenters. The third-order valence-electron chi connectivity index (χ3n) is 7.02. The molecule has 1 aromatic heterocycles. The molecule has 0 N–H and O–H groups in total. The van der Waals surface area contributed by atoms with Crippen LogP contribution in [0.25, 0.3) is 0 Å². The van der Waals surface area contributed by atoms with E-state index in [2.05, 4.69) is 57.0 Å². The van der Waals surface area contributed by atoms with Crippen molar-refractivity contribution in [2.75, 3.05) is 92.0 Å². The zero-order valence-electron chi connectivity index (χ0n) is 30.1. The number of carbonyl (C=O) groups excluding carboxylic acids is 2. The third kappa shape index (κ3) is 13.6. The van der Waals surface area contributed by atoms with E-state index >= 15 is 0 Å². The minimum Gasteiger partial charge on any atom is -0.388 e. The lowest BCUT2D eigenvalue weighted by Gasteiger charge is -2.39. The van der Waals surface area contributed by atoms with E-state index in [1.54, 1.807) is 38.4 Å². The Balaban J connectivity index is 0.000000618. The molecule has 1 amide bonds. The van der Waals surface area contributed by atoms with Crippen molar-refractivity contribution in [2.24, 2.45) is 0 Å². The highest BCUT2D eigenvalue weighted by atomic mass is 32.2. The van der Waals surface area contributed by atoms with Crippen LogP contribution in [-0.2, 0) is 14.3 Å². The first-order chi connectivity index (χ1) is 22.9. The molecule has 0 unspecified atom stereocenters. The number of aromatic nitrogens is 1. The predicted molar refractivity (Wildman–Crippen MR) is 202 cm³/mol. The van der Waals surface area contributed by atoms with E-state index in [1.165, 1.54) is 28.9 Å². The highest BCUT2D eigenvalue weighted by Gasteiger charge is 2.25. The molecule has 9 nitrogen and oxygen atoms in total. The van der Waals surface area contributed by atoms with Gasteiger partial charge in [0.1, 0.15) is 12.1 Å². The van der Waals surface area contributed by atoms with Gasteiger partial charge in [0, 0.05) is 83.8 Å². The lowest BCUT2D eigenvalue weighted by Crippen LogP contribution is -2.47. The van der Waals surface area contributed by atoms with Crippen LogP contribution in [-0.4, -0.2) is 90.6 Å². The molecular weight excluding hydrogens is 611 g/mol. The van der Waals surface area contributed by atoms with Crippen LogP contribution in [0, 0.1) is 13.8 Å². The summed E-state index contributed by atoms with van der Waals surface area (Å²) < 4.78 is 11.8. The highest BCUT2D eigenvalue weighted by molar-refractivity contribution is 8.00. The van der Waals surface area contributed by atoms with Crippen LogP contribution in [0.1, 0.15) is 55.6 Å². The molecule has 2 aliphatic rings. The Kier molecular flexibility index (Phi) is 21.6. The number of rotatable bonds is 9. The van der Waals surface area contributed by atoms with Crippen molar-refractivity contribution in [3.05, 3.63) is 77.5 Å². The number of benzene rings is 2. The maximum atomic E-state index is 11.7. The molecule has 2 fully saturated rings. The quantitative estimate of drug-likeness (QED) is 0.173. The summed E-state index contributed by atoms with van der Waals surface area (Å²) in [6.07, 6.45) is 4.87. The highest BCUT2D eigenvalue weighted by Crippen LogP contribution is 2.39. The summed E-state index contributed by atoms with van der Waals surface area (Å²) in [7, 11) is 4.91. The monoisotopic (exact) mass is 667 g/mol. The van der Waals surface area contributed by atoms with E-state index in [1.807, 2.05) is 64.0 Å². The number of piperazine rings is 1. The summed E-state index contributed by atoms with van der Waals surface area (Å²) in [4.78, 5) is 33.0. The Morgan fingerprint density at radius 1 is 0.851 bits per heavy atom. The Bertz CT molecular complexity index is 1270. The van der Waals surface area contributed by atoms with Crippen molar-refractivity contribution in [3.8, 4) is 0 Å². The van der Waals surface area contributed by atoms with Gasteiger partial charge in [-0.05, 0) is 61.5 Å². The van der Waals surface area contributed by atoms with E-state index in [-0.39, 0.29) is 0 Å². The Hall–Kier alpha value is -3.60. The van der Waals surface area contributed by atoms with Gasteiger partial charge in [-0.3, -0.25) is 9.59 Å². The smallest absolute Gasteiger partial charge is 0.214 e. The van der Waals surface area contributed by atoms with Gasteiger partial charge in [0.25, 0.3) is 0 Å². The lowest BCUT2D eigenvalue weighted by atomic mass is 10.1. The number of ether oxygens (including phenoxy) is 2. The van der Waals surface area contributed by atoms with Crippen molar-refractivity contribution >= 4 is 47.5 Å². The van der Waals surface area contributed by atoms with Crippen molar-refractivity contribution < 1.29 is 19.1 Å². The number of carbonyl (C=O) groups is 2. The van der Waals surface area contributed by atoms with Gasteiger partial charge < -0.3 is 28.5 Å².